The van der Waals surface area contributed by atoms with Gasteiger partial charge in [0.2, 0.25) is 5.91 Å². The maximum Gasteiger partial charge on any atom is 0.234 e. The van der Waals surface area contributed by atoms with Gasteiger partial charge in [-0.1, -0.05) is 47.6 Å². The molecule has 0 unspecified atom stereocenters. The number of carbonyl (C=O) groups excluding carboxylic acids is 1. The third kappa shape index (κ3) is 4.64. The Hall–Kier alpha value is -2.57. The summed E-state index contributed by atoms with van der Waals surface area (Å²) in [7, 11) is 0. The standard InChI is InChI=1S/C21H21ClN4OS/c1-4-11-26-20(17-7-5-6-8-18(17)22)24-25-21(26)28-13-19(27)23-16-10-9-14(2)15(3)12-16/h4-10,12H,1,11,13H2,2-3H3,(H,23,27). The Morgan fingerprint density at radius 2 is 2.00 bits per heavy atom. The number of nitrogens with zero attached hydrogens (tertiary/aromatic N) is 3. The lowest BCUT2D eigenvalue weighted by Gasteiger charge is -2.09. The number of aromatic nitrogens is 3. The highest BCUT2D eigenvalue weighted by molar-refractivity contribution is 7.99. The molecule has 2 aromatic carbocycles. The van der Waals surface area contributed by atoms with Crippen LogP contribution >= 0.6 is 23.4 Å². The molecule has 1 amide bonds. The van der Waals surface area contributed by atoms with E-state index in [1.807, 2.05) is 60.9 Å². The summed E-state index contributed by atoms with van der Waals surface area (Å²) in [6, 6.07) is 13.3. The zero-order valence-corrected chi connectivity index (χ0v) is 17.3. The summed E-state index contributed by atoms with van der Waals surface area (Å²) in [4.78, 5) is 12.4. The van der Waals surface area contributed by atoms with Crippen molar-refractivity contribution in [2.75, 3.05) is 11.1 Å². The molecule has 0 saturated heterocycles. The van der Waals surface area contributed by atoms with Crippen LogP contribution in [0.5, 0.6) is 0 Å². The van der Waals surface area contributed by atoms with Gasteiger partial charge in [0.05, 0.1) is 10.8 Å². The second-order valence-electron chi connectivity index (χ2n) is 6.32. The Bertz CT molecular complexity index is 1020. The number of thioether (sulfide) groups is 1. The Morgan fingerprint density at radius 1 is 1.21 bits per heavy atom. The van der Waals surface area contributed by atoms with Crippen LogP contribution in [0, 0.1) is 13.8 Å². The highest BCUT2D eigenvalue weighted by atomic mass is 35.5. The van der Waals surface area contributed by atoms with E-state index < -0.39 is 0 Å². The van der Waals surface area contributed by atoms with Gasteiger partial charge in [-0.3, -0.25) is 9.36 Å². The number of allylic oxidation sites excluding steroid dienone is 1. The van der Waals surface area contributed by atoms with Crippen molar-refractivity contribution >= 4 is 35.0 Å². The second-order valence-corrected chi connectivity index (χ2v) is 7.67. The number of amides is 1. The van der Waals surface area contributed by atoms with Crippen LogP contribution in [-0.2, 0) is 11.3 Å². The third-order valence-electron chi connectivity index (χ3n) is 4.27. The minimum Gasteiger partial charge on any atom is -0.325 e. The van der Waals surface area contributed by atoms with Crippen LogP contribution in [0.1, 0.15) is 11.1 Å². The lowest BCUT2D eigenvalue weighted by atomic mass is 10.1. The highest BCUT2D eigenvalue weighted by Gasteiger charge is 2.16. The number of halogens is 1. The first-order valence-corrected chi connectivity index (χ1v) is 10.1. The quantitative estimate of drug-likeness (QED) is 0.431. The Kier molecular flexibility index (Phi) is 6.54. The molecule has 7 heteroatoms. The molecule has 1 heterocycles. The van der Waals surface area contributed by atoms with E-state index >= 15 is 0 Å². The fourth-order valence-corrected chi connectivity index (χ4v) is 3.65. The predicted molar refractivity (Wildman–Crippen MR) is 116 cm³/mol. The summed E-state index contributed by atoms with van der Waals surface area (Å²) in [5.41, 5.74) is 3.92. The fourth-order valence-electron chi connectivity index (χ4n) is 2.68. The first-order valence-electron chi connectivity index (χ1n) is 8.78. The Labute approximate surface area is 173 Å². The molecule has 0 spiro atoms. The van der Waals surface area contributed by atoms with Crippen LogP contribution in [0.3, 0.4) is 0 Å². The monoisotopic (exact) mass is 412 g/mol. The van der Waals surface area contributed by atoms with Crippen molar-refractivity contribution < 1.29 is 4.79 Å². The van der Waals surface area contributed by atoms with Crippen LogP contribution in [-0.4, -0.2) is 26.4 Å². The normalized spacial score (nSPS) is 10.7. The highest BCUT2D eigenvalue weighted by Crippen LogP contribution is 2.29. The Balaban J connectivity index is 1.73. The predicted octanol–water partition coefficient (Wildman–Crippen LogP) is 5.13. The van der Waals surface area contributed by atoms with Gasteiger partial charge in [0.25, 0.3) is 0 Å². The fraction of sp³-hybridized carbons (Fsp3) is 0.190. The van der Waals surface area contributed by atoms with Crippen molar-refractivity contribution in [3.63, 3.8) is 0 Å². The van der Waals surface area contributed by atoms with E-state index in [1.165, 1.54) is 17.3 Å². The number of hydrogen-bond acceptors (Lipinski definition) is 4. The second kappa shape index (κ2) is 9.08. The summed E-state index contributed by atoms with van der Waals surface area (Å²) < 4.78 is 1.90. The van der Waals surface area contributed by atoms with Crippen molar-refractivity contribution in [1.82, 2.24) is 14.8 Å². The summed E-state index contributed by atoms with van der Waals surface area (Å²) in [5.74, 6) is 0.785. The average Bonchev–Trinajstić information content (AvgIpc) is 3.06. The third-order valence-corrected chi connectivity index (χ3v) is 5.56. The number of aryl methyl sites for hydroxylation is 2. The largest absolute Gasteiger partial charge is 0.325 e. The SMILES string of the molecule is C=CCn1c(SCC(=O)Nc2ccc(C)c(C)c2)nnc1-c1ccccc1Cl. The van der Waals surface area contributed by atoms with E-state index in [0.717, 1.165) is 16.8 Å². The molecule has 5 nitrogen and oxygen atoms in total. The van der Waals surface area contributed by atoms with Gasteiger partial charge >= 0.3 is 0 Å². The lowest BCUT2D eigenvalue weighted by Crippen LogP contribution is -2.14. The molecule has 0 aliphatic heterocycles. The van der Waals surface area contributed by atoms with E-state index in [0.29, 0.717) is 22.5 Å². The van der Waals surface area contributed by atoms with E-state index in [4.69, 9.17) is 11.6 Å². The van der Waals surface area contributed by atoms with E-state index in [9.17, 15) is 4.79 Å². The van der Waals surface area contributed by atoms with Gasteiger partial charge in [-0.15, -0.1) is 16.8 Å². The van der Waals surface area contributed by atoms with Gasteiger partial charge in [-0.25, -0.2) is 0 Å². The molecule has 0 aliphatic carbocycles. The van der Waals surface area contributed by atoms with Gasteiger partial charge in [0.15, 0.2) is 11.0 Å². The van der Waals surface area contributed by atoms with Crippen LogP contribution in [0.25, 0.3) is 11.4 Å². The molecule has 0 fully saturated rings. The number of rotatable bonds is 7. The maximum atomic E-state index is 12.4. The van der Waals surface area contributed by atoms with E-state index in [1.54, 1.807) is 6.08 Å². The molecular formula is C21H21ClN4OS. The van der Waals surface area contributed by atoms with Gasteiger partial charge in [0, 0.05) is 17.8 Å². The molecule has 3 rings (SSSR count). The van der Waals surface area contributed by atoms with Crippen molar-refractivity contribution in [1.29, 1.82) is 0 Å². The molecule has 144 valence electrons. The van der Waals surface area contributed by atoms with Gasteiger partial charge in [0.1, 0.15) is 0 Å². The number of nitrogens with one attached hydrogen (secondary N) is 1. The minimum absolute atomic E-state index is 0.0966. The van der Waals surface area contributed by atoms with Gasteiger partial charge in [-0.05, 0) is 49.2 Å². The van der Waals surface area contributed by atoms with Crippen LogP contribution < -0.4 is 5.32 Å². The molecule has 0 radical (unpaired) electrons. The van der Waals surface area contributed by atoms with Crippen LogP contribution in [0.15, 0.2) is 60.3 Å². The molecule has 3 aromatic rings. The van der Waals surface area contributed by atoms with Crippen LogP contribution in [0.4, 0.5) is 5.69 Å². The summed E-state index contributed by atoms with van der Waals surface area (Å²) in [6.45, 7) is 8.39. The van der Waals surface area contributed by atoms with E-state index in [2.05, 4.69) is 22.1 Å². The number of anilines is 1. The van der Waals surface area contributed by atoms with Crippen molar-refractivity contribution in [2.45, 2.75) is 25.5 Å². The topological polar surface area (TPSA) is 59.8 Å². The Morgan fingerprint density at radius 3 is 2.71 bits per heavy atom. The molecule has 0 atom stereocenters. The summed E-state index contributed by atoms with van der Waals surface area (Å²) in [5, 5.41) is 12.7. The van der Waals surface area contributed by atoms with Crippen molar-refractivity contribution in [2.24, 2.45) is 0 Å². The molecular weight excluding hydrogens is 392 g/mol. The molecule has 0 saturated carbocycles. The first kappa shape index (κ1) is 20.2. The molecule has 0 aliphatic rings. The molecule has 0 bridgehead atoms. The molecule has 1 N–H and O–H groups in total. The minimum atomic E-state index is -0.0966. The molecule has 1 aromatic heterocycles. The number of carbonyl (C=O) groups is 1. The van der Waals surface area contributed by atoms with Crippen molar-refractivity contribution in [3.05, 3.63) is 71.3 Å². The number of benzene rings is 2. The first-order chi connectivity index (χ1) is 13.5. The zero-order chi connectivity index (χ0) is 20.1. The summed E-state index contributed by atoms with van der Waals surface area (Å²) in [6.07, 6.45) is 1.77. The number of hydrogen-bond donors (Lipinski definition) is 1. The van der Waals surface area contributed by atoms with Crippen molar-refractivity contribution in [3.8, 4) is 11.4 Å². The van der Waals surface area contributed by atoms with E-state index in [-0.39, 0.29) is 11.7 Å². The smallest absolute Gasteiger partial charge is 0.234 e. The molecule has 28 heavy (non-hydrogen) atoms. The van der Waals surface area contributed by atoms with Gasteiger partial charge < -0.3 is 5.32 Å². The van der Waals surface area contributed by atoms with Crippen LogP contribution in [0.2, 0.25) is 5.02 Å². The van der Waals surface area contributed by atoms with Gasteiger partial charge in [-0.2, -0.15) is 0 Å². The average molecular weight is 413 g/mol. The summed E-state index contributed by atoms with van der Waals surface area (Å²) >= 11 is 7.63. The maximum absolute atomic E-state index is 12.4. The zero-order valence-electron chi connectivity index (χ0n) is 15.8. The lowest BCUT2D eigenvalue weighted by molar-refractivity contribution is -0.113.